The summed E-state index contributed by atoms with van der Waals surface area (Å²) < 4.78 is 6.45. The molecule has 0 heterocycles. The van der Waals surface area contributed by atoms with Crippen molar-refractivity contribution in [2.24, 2.45) is 0 Å². The van der Waals surface area contributed by atoms with E-state index in [4.69, 9.17) is 4.74 Å². The maximum Gasteiger partial charge on any atom is 0.118 e. The molecule has 82 valence electrons. The van der Waals surface area contributed by atoms with Gasteiger partial charge in [0.05, 0.1) is 15.2 Å². The molecule has 0 aromatic heterocycles. The lowest BCUT2D eigenvalue weighted by Crippen LogP contribution is -2.19. The first-order chi connectivity index (χ1) is 6.93. The fourth-order valence-corrected chi connectivity index (χ4v) is 1.93. The molecule has 0 saturated carbocycles. The highest BCUT2D eigenvalue weighted by Gasteiger charge is 2.16. The highest BCUT2D eigenvalue weighted by Crippen LogP contribution is 2.24. The van der Waals surface area contributed by atoms with E-state index in [9.17, 15) is 0 Å². The molecule has 0 aliphatic rings. The van der Waals surface area contributed by atoms with Gasteiger partial charge in [-0.05, 0) is 27.9 Å². The Morgan fingerprint density at radius 3 is 2.13 bits per heavy atom. The third-order valence-corrected chi connectivity index (χ3v) is 7.50. The number of halogens is 1. The molecular formula is C12H17BrOSi. The van der Waals surface area contributed by atoms with E-state index in [-0.39, 0.29) is 0 Å². The number of benzene rings is 1. The minimum Gasteiger partial charge on any atom is -0.497 e. The summed E-state index contributed by atoms with van der Waals surface area (Å²) in [6.45, 7) is 6.95. The Bertz CT molecular complexity index is 349. The van der Waals surface area contributed by atoms with E-state index in [0.717, 1.165) is 5.75 Å². The first-order valence-electron chi connectivity index (χ1n) is 4.95. The van der Waals surface area contributed by atoms with Crippen LogP contribution < -0.4 is 4.74 Å². The smallest absolute Gasteiger partial charge is 0.118 e. The molecule has 15 heavy (non-hydrogen) atoms. The molecule has 1 aromatic rings. The molecule has 0 spiro atoms. The number of methoxy groups -OCH3 is 1. The molecule has 1 aromatic carbocycles. The van der Waals surface area contributed by atoms with Crippen molar-refractivity contribution < 1.29 is 4.74 Å². The van der Waals surface area contributed by atoms with Crippen LogP contribution in [0.15, 0.2) is 28.4 Å². The standard InChI is InChI=1S/C12H17BrOSi/c1-14-11-7-5-10(6-8-11)9-12(13)15(2,3)4/h5-9H,1-4H3. The van der Waals surface area contributed by atoms with E-state index in [0.29, 0.717) is 0 Å². The molecule has 0 bridgehead atoms. The van der Waals surface area contributed by atoms with Gasteiger partial charge >= 0.3 is 0 Å². The van der Waals surface area contributed by atoms with Crippen molar-refractivity contribution >= 4 is 30.1 Å². The van der Waals surface area contributed by atoms with E-state index in [2.05, 4.69) is 53.8 Å². The minimum absolute atomic E-state index is 0.899. The first-order valence-corrected chi connectivity index (χ1v) is 9.24. The number of hydrogen-bond acceptors (Lipinski definition) is 1. The second-order valence-electron chi connectivity index (χ2n) is 4.52. The van der Waals surface area contributed by atoms with Crippen molar-refractivity contribution in [3.63, 3.8) is 0 Å². The van der Waals surface area contributed by atoms with Crippen LogP contribution in [0.3, 0.4) is 0 Å². The van der Waals surface area contributed by atoms with Gasteiger partial charge in [-0.3, -0.25) is 0 Å². The van der Waals surface area contributed by atoms with Crippen molar-refractivity contribution in [3.05, 3.63) is 33.9 Å². The summed E-state index contributed by atoms with van der Waals surface area (Å²) in [7, 11) is 0.465. The number of ether oxygens (including phenoxy) is 1. The van der Waals surface area contributed by atoms with E-state index in [1.807, 2.05) is 12.1 Å². The molecule has 0 amide bonds. The van der Waals surface area contributed by atoms with Crippen LogP contribution in [0.2, 0.25) is 19.6 Å². The normalized spacial score (nSPS) is 12.7. The van der Waals surface area contributed by atoms with Gasteiger partial charge in [0, 0.05) is 0 Å². The largest absolute Gasteiger partial charge is 0.497 e. The summed E-state index contributed by atoms with van der Waals surface area (Å²) in [4.78, 5) is 0. The molecule has 1 nitrogen and oxygen atoms in total. The van der Waals surface area contributed by atoms with Crippen molar-refractivity contribution in [2.45, 2.75) is 19.6 Å². The lowest BCUT2D eigenvalue weighted by atomic mass is 10.2. The Morgan fingerprint density at radius 2 is 1.73 bits per heavy atom. The van der Waals surface area contributed by atoms with Crippen LogP contribution in [0.1, 0.15) is 5.56 Å². The van der Waals surface area contributed by atoms with Crippen molar-refractivity contribution in [3.8, 4) is 5.75 Å². The average molecular weight is 285 g/mol. The molecule has 0 radical (unpaired) electrons. The van der Waals surface area contributed by atoms with Crippen molar-refractivity contribution in [1.82, 2.24) is 0 Å². The Hall–Kier alpha value is -0.543. The van der Waals surface area contributed by atoms with Gasteiger partial charge in [-0.2, -0.15) is 0 Å². The lowest BCUT2D eigenvalue weighted by Gasteiger charge is -2.14. The van der Waals surface area contributed by atoms with Crippen LogP contribution in [0, 0.1) is 0 Å². The van der Waals surface area contributed by atoms with Crippen molar-refractivity contribution in [1.29, 1.82) is 0 Å². The predicted octanol–water partition coefficient (Wildman–Crippen LogP) is 4.31. The van der Waals surface area contributed by atoms with E-state index < -0.39 is 8.07 Å². The molecule has 0 aliphatic carbocycles. The summed E-state index contributed by atoms with van der Waals surface area (Å²) in [5, 5.41) is 0. The molecule has 1 rings (SSSR count). The molecule has 0 saturated heterocycles. The van der Waals surface area contributed by atoms with E-state index in [1.54, 1.807) is 7.11 Å². The summed E-state index contributed by atoms with van der Waals surface area (Å²) in [5.74, 6) is 0.899. The van der Waals surface area contributed by atoms with Crippen LogP contribution in [0.5, 0.6) is 5.75 Å². The van der Waals surface area contributed by atoms with Gasteiger partial charge in [0.2, 0.25) is 0 Å². The van der Waals surface area contributed by atoms with Crippen LogP contribution >= 0.6 is 15.9 Å². The monoisotopic (exact) mass is 284 g/mol. The van der Waals surface area contributed by atoms with Gasteiger partial charge in [0.25, 0.3) is 0 Å². The maximum absolute atomic E-state index is 5.12. The summed E-state index contributed by atoms with van der Waals surface area (Å²) in [5.41, 5.74) is 1.21. The Morgan fingerprint density at radius 1 is 1.20 bits per heavy atom. The predicted molar refractivity (Wildman–Crippen MR) is 73.2 cm³/mol. The van der Waals surface area contributed by atoms with Gasteiger partial charge < -0.3 is 4.74 Å². The highest BCUT2D eigenvalue weighted by molar-refractivity contribution is 9.12. The Kier molecular flexibility index (Phi) is 4.17. The molecule has 0 atom stereocenters. The van der Waals surface area contributed by atoms with Gasteiger partial charge in [-0.1, -0.05) is 47.7 Å². The first kappa shape index (κ1) is 12.5. The van der Waals surface area contributed by atoms with Crippen LogP contribution in [-0.4, -0.2) is 15.2 Å². The third kappa shape index (κ3) is 3.84. The number of rotatable bonds is 3. The second kappa shape index (κ2) is 4.99. The molecule has 3 heteroatoms. The molecule has 0 fully saturated rings. The SMILES string of the molecule is COc1ccc(C=C(Br)[Si](C)(C)C)cc1. The van der Waals surface area contributed by atoms with Gasteiger partial charge in [0.1, 0.15) is 5.75 Å². The summed E-state index contributed by atoms with van der Waals surface area (Å²) in [6.07, 6.45) is 2.20. The molecule has 0 aliphatic heterocycles. The Labute approximate surface area is 101 Å². The number of hydrogen-bond donors (Lipinski definition) is 0. The van der Waals surface area contributed by atoms with Gasteiger partial charge in [-0.25, -0.2) is 0 Å². The minimum atomic E-state index is -1.22. The Balaban J connectivity index is 2.89. The molecule has 0 N–H and O–H groups in total. The average Bonchev–Trinajstić information content (AvgIpc) is 2.17. The zero-order valence-corrected chi connectivity index (χ0v) is 12.3. The van der Waals surface area contributed by atoms with Crippen LogP contribution in [-0.2, 0) is 0 Å². The zero-order chi connectivity index (χ0) is 11.5. The van der Waals surface area contributed by atoms with E-state index >= 15 is 0 Å². The second-order valence-corrected chi connectivity index (χ2v) is 11.1. The highest BCUT2D eigenvalue weighted by atomic mass is 79.9. The third-order valence-electron chi connectivity index (χ3n) is 2.13. The van der Waals surface area contributed by atoms with Crippen molar-refractivity contribution in [2.75, 3.05) is 7.11 Å². The quantitative estimate of drug-likeness (QED) is 0.752. The summed E-state index contributed by atoms with van der Waals surface area (Å²) >= 11 is 3.66. The zero-order valence-electron chi connectivity index (χ0n) is 9.67. The summed E-state index contributed by atoms with van der Waals surface area (Å²) in [6, 6.07) is 8.10. The molecule has 0 unspecified atom stereocenters. The van der Waals surface area contributed by atoms with Crippen LogP contribution in [0.4, 0.5) is 0 Å². The maximum atomic E-state index is 5.12. The van der Waals surface area contributed by atoms with Gasteiger partial charge in [0.15, 0.2) is 0 Å². The fourth-order valence-electron chi connectivity index (χ4n) is 1.06. The topological polar surface area (TPSA) is 9.23 Å². The van der Waals surface area contributed by atoms with E-state index in [1.165, 1.54) is 9.67 Å². The van der Waals surface area contributed by atoms with Crippen LogP contribution in [0.25, 0.3) is 6.08 Å². The fraction of sp³-hybridized carbons (Fsp3) is 0.333. The lowest BCUT2D eigenvalue weighted by molar-refractivity contribution is 0.415. The molecular weight excluding hydrogens is 268 g/mol. The van der Waals surface area contributed by atoms with Gasteiger partial charge in [-0.15, -0.1) is 0 Å².